The van der Waals surface area contributed by atoms with Gasteiger partial charge in [-0.1, -0.05) is 11.6 Å². The third kappa shape index (κ3) is 1.31. The predicted octanol–water partition coefficient (Wildman–Crippen LogP) is 3.66. The zero-order valence-corrected chi connectivity index (χ0v) is 7.61. The Morgan fingerprint density at radius 2 is 1.33 bits per heavy atom. The second-order valence-electron chi connectivity index (χ2n) is 1.88. The van der Waals surface area contributed by atoms with E-state index < -0.39 is 32.8 Å². The van der Waals surface area contributed by atoms with Gasteiger partial charge >= 0.3 is 0 Å². The molecule has 0 amide bonds. The molecule has 12 heavy (non-hydrogen) atoms. The van der Waals surface area contributed by atoms with E-state index in [1.54, 1.807) is 0 Å². The van der Waals surface area contributed by atoms with E-state index in [9.17, 15) is 17.6 Å². The molecule has 0 saturated heterocycles. The van der Waals surface area contributed by atoms with Crippen LogP contribution in [-0.4, -0.2) is 0 Å². The minimum Gasteiger partial charge on any atom is -0.204 e. The average Bonchev–Trinajstić information content (AvgIpc) is 2.08. The molecule has 6 heteroatoms. The van der Waals surface area contributed by atoms with Crippen molar-refractivity contribution in [3.05, 3.63) is 32.8 Å². The van der Waals surface area contributed by atoms with Gasteiger partial charge in [0.15, 0.2) is 23.3 Å². The molecule has 1 rings (SSSR count). The van der Waals surface area contributed by atoms with Gasteiger partial charge in [0.05, 0.1) is 4.47 Å². The number of halogens is 6. The van der Waals surface area contributed by atoms with Crippen molar-refractivity contribution in [2.75, 3.05) is 0 Å². The van der Waals surface area contributed by atoms with Gasteiger partial charge in [0, 0.05) is 0 Å². The Morgan fingerprint density at radius 1 is 0.833 bits per heavy atom. The molecule has 0 saturated carbocycles. The normalized spacial score (nSPS) is 10.5. The average molecular weight is 263 g/mol. The Hall–Kier alpha value is -0.290. The predicted molar refractivity (Wildman–Crippen MR) is 39.0 cm³/mol. The molecule has 1 aromatic rings. The van der Waals surface area contributed by atoms with Crippen LogP contribution in [0, 0.1) is 23.3 Å². The van der Waals surface area contributed by atoms with Gasteiger partial charge in [0.1, 0.15) is 5.02 Å². The van der Waals surface area contributed by atoms with Crippen molar-refractivity contribution in [3.63, 3.8) is 0 Å². The molecule has 0 aliphatic carbocycles. The van der Waals surface area contributed by atoms with Crippen molar-refractivity contribution >= 4 is 27.5 Å². The SMILES string of the molecule is Fc1c(F)c(Cl)c(F)c(Br)c1F. The smallest absolute Gasteiger partial charge is 0.197 e. The van der Waals surface area contributed by atoms with Gasteiger partial charge in [0.2, 0.25) is 0 Å². The van der Waals surface area contributed by atoms with Crippen molar-refractivity contribution < 1.29 is 17.6 Å². The lowest BCUT2D eigenvalue weighted by atomic mass is 10.3. The highest BCUT2D eigenvalue weighted by Gasteiger charge is 2.22. The molecule has 66 valence electrons. The summed E-state index contributed by atoms with van der Waals surface area (Å²) < 4.78 is 49.1. The third-order valence-corrected chi connectivity index (χ3v) is 2.18. The van der Waals surface area contributed by atoms with E-state index in [4.69, 9.17) is 11.6 Å². The first-order valence-electron chi connectivity index (χ1n) is 2.63. The summed E-state index contributed by atoms with van der Waals surface area (Å²) in [5.74, 6) is -6.51. The summed E-state index contributed by atoms with van der Waals surface area (Å²) in [6.07, 6.45) is 0. The Morgan fingerprint density at radius 3 is 1.83 bits per heavy atom. The molecule has 0 aliphatic heterocycles. The van der Waals surface area contributed by atoms with Crippen molar-refractivity contribution in [3.8, 4) is 0 Å². The number of rotatable bonds is 0. The summed E-state index contributed by atoms with van der Waals surface area (Å²) in [5.41, 5.74) is 0. The topological polar surface area (TPSA) is 0 Å². The first-order chi connectivity index (χ1) is 5.46. The van der Waals surface area contributed by atoms with Crippen LogP contribution in [0.5, 0.6) is 0 Å². The van der Waals surface area contributed by atoms with E-state index in [-0.39, 0.29) is 0 Å². The Labute approximate surface area is 78.3 Å². The van der Waals surface area contributed by atoms with Gasteiger partial charge in [-0.05, 0) is 15.9 Å². The first-order valence-corrected chi connectivity index (χ1v) is 3.80. The standard InChI is InChI=1S/C6BrClF4/c7-1-3(9)2(8)5(11)6(12)4(1)10. The summed E-state index contributed by atoms with van der Waals surface area (Å²) in [4.78, 5) is 0. The molecule has 0 spiro atoms. The molecule has 0 radical (unpaired) electrons. The van der Waals surface area contributed by atoms with E-state index in [0.717, 1.165) is 0 Å². The summed E-state index contributed by atoms with van der Waals surface area (Å²) in [7, 11) is 0. The lowest BCUT2D eigenvalue weighted by molar-refractivity contribution is 0.430. The Bertz CT molecular complexity index is 234. The van der Waals surface area contributed by atoms with Crippen LogP contribution in [0.4, 0.5) is 17.6 Å². The zero-order valence-electron chi connectivity index (χ0n) is 5.27. The maximum atomic E-state index is 12.6. The third-order valence-electron chi connectivity index (χ3n) is 1.16. The van der Waals surface area contributed by atoms with Crippen LogP contribution in [0.2, 0.25) is 5.02 Å². The zero-order chi connectivity index (χ0) is 9.46. The molecule has 0 unspecified atom stereocenters. The van der Waals surface area contributed by atoms with E-state index >= 15 is 0 Å². The lowest BCUT2D eigenvalue weighted by Gasteiger charge is -2.01. The van der Waals surface area contributed by atoms with Crippen molar-refractivity contribution in [1.82, 2.24) is 0 Å². The molecular formula is C6BrClF4. The van der Waals surface area contributed by atoms with Gasteiger partial charge in [-0.15, -0.1) is 0 Å². The Kier molecular flexibility index (Phi) is 2.63. The van der Waals surface area contributed by atoms with Crippen LogP contribution >= 0.6 is 27.5 Å². The fraction of sp³-hybridized carbons (Fsp3) is 0. The van der Waals surface area contributed by atoms with Gasteiger partial charge in [-0.2, -0.15) is 0 Å². The molecular weight excluding hydrogens is 263 g/mol. The van der Waals surface area contributed by atoms with Crippen LogP contribution in [0.3, 0.4) is 0 Å². The molecule has 0 atom stereocenters. The van der Waals surface area contributed by atoms with Crippen molar-refractivity contribution in [2.24, 2.45) is 0 Å². The monoisotopic (exact) mass is 262 g/mol. The van der Waals surface area contributed by atoms with E-state index in [1.165, 1.54) is 0 Å². The second kappa shape index (κ2) is 3.22. The molecule has 0 nitrogen and oxygen atoms in total. The highest BCUT2D eigenvalue weighted by molar-refractivity contribution is 9.10. The second-order valence-corrected chi connectivity index (χ2v) is 3.05. The van der Waals surface area contributed by atoms with E-state index in [2.05, 4.69) is 15.9 Å². The minimum atomic E-state index is -1.80. The first kappa shape index (κ1) is 9.80. The highest BCUT2D eigenvalue weighted by Crippen LogP contribution is 2.30. The minimum absolute atomic E-state index is 0.814. The van der Waals surface area contributed by atoms with Gasteiger partial charge in [-0.3, -0.25) is 0 Å². The fourth-order valence-electron chi connectivity index (χ4n) is 0.578. The summed E-state index contributed by atoms with van der Waals surface area (Å²) >= 11 is 7.35. The largest absolute Gasteiger partial charge is 0.204 e. The van der Waals surface area contributed by atoms with E-state index in [1.807, 2.05) is 0 Å². The van der Waals surface area contributed by atoms with Gasteiger partial charge in [0.25, 0.3) is 0 Å². The van der Waals surface area contributed by atoms with Crippen molar-refractivity contribution in [1.29, 1.82) is 0 Å². The summed E-state index contributed by atoms with van der Waals surface area (Å²) in [5, 5.41) is -1.07. The van der Waals surface area contributed by atoms with Crippen molar-refractivity contribution in [2.45, 2.75) is 0 Å². The van der Waals surface area contributed by atoms with Crippen LogP contribution in [-0.2, 0) is 0 Å². The lowest BCUT2D eigenvalue weighted by Crippen LogP contribution is -1.97. The van der Waals surface area contributed by atoms with Crippen LogP contribution in [0.25, 0.3) is 0 Å². The molecule has 0 heterocycles. The maximum absolute atomic E-state index is 12.6. The van der Waals surface area contributed by atoms with E-state index in [0.29, 0.717) is 0 Å². The van der Waals surface area contributed by atoms with Crippen LogP contribution in [0.15, 0.2) is 4.47 Å². The Balaban J connectivity index is 3.60. The summed E-state index contributed by atoms with van der Waals surface area (Å²) in [6, 6.07) is 0. The molecule has 0 aliphatic rings. The number of benzene rings is 1. The van der Waals surface area contributed by atoms with Gasteiger partial charge in [-0.25, -0.2) is 17.6 Å². The number of hydrogen-bond donors (Lipinski definition) is 0. The molecule has 0 N–H and O–H groups in total. The number of hydrogen-bond acceptors (Lipinski definition) is 0. The summed E-state index contributed by atoms with van der Waals surface area (Å²) in [6.45, 7) is 0. The molecule has 0 fully saturated rings. The van der Waals surface area contributed by atoms with Gasteiger partial charge < -0.3 is 0 Å². The molecule has 0 bridgehead atoms. The quantitative estimate of drug-likeness (QED) is 0.381. The molecule has 1 aromatic carbocycles. The highest BCUT2D eigenvalue weighted by atomic mass is 79.9. The molecule has 0 aromatic heterocycles. The maximum Gasteiger partial charge on any atom is 0.197 e. The van der Waals surface area contributed by atoms with Crippen LogP contribution < -0.4 is 0 Å². The fourth-order valence-corrected chi connectivity index (χ4v) is 1.24. The van der Waals surface area contributed by atoms with Crippen LogP contribution in [0.1, 0.15) is 0 Å².